The summed E-state index contributed by atoms with van der Waals surface area (Å²) in [6, 6.07) is 7.65. The van der Waals surface area contributed by atoms with Crippen LogP contribution in [0.15, 0.2) is 36.7 Å². The molecule has 5 heteroatoms. The molecule has 1 aromatic heterocycles. The van der Waals surface area contributed by atoms with E-state index in [0.29, 0.717) is 13.0 Å². The van der Waals surface area contributed by atoms with Crippen molar-refractivity contribution < 1.29 is 4.79 Å². The van der Waals surface area contributed by atoms with E-state index in [-0.39, 0.29) is 5.91 Å². The third-order valence-corrected chi connectivity index (χ3v) is 4.12. The molecule has 1 fully saturated rings. The lowest BCUT2D eigenvalue weighted by molar-refractivity contribution is -0.123. The van der Waals surface area contributed by atoms with E-state index >= 15 is 0 Å². The number of pyridine rings is 1. The number of nitrogens with zero attached hydrogens (tertiary/aromatic N) is 1. The average molecular weight is 276 g/mol. The van der Waals surface area contributed by atoms with Crippen molar-refractivity contribution in [3.05, 3.63) is 42.2 Å². The van der Waals surface area contributed by atoms with E-state index in [0.717, 1.165) is 16.3 Å². The van der Waals surface area contributed by atoms with Crippen LogP contribution in [0.3, 0.4) is 0 Å². The topological polar surface area (TPSA) is 68.0 Å². The number of nitrogens with two attached hydrogens (primary N) is 1. The lowest BCUT2D eigenvalue weighted by Crippen LogP contribution is -2.42. The Bertz CT molecular complexity index is 641. The molecule has 2 aromatic rings. The van der Waals surface area contributed by atoms with Crippen LogP contribution in [-0.2, 0) is 9.79 Å². The molecule has 1 aromatic carbocycles. The van der Waals surface area contributed by atoms with Gasteiger partial charge in [0.15, 0.2) is 0 Å². The van der Waals surface area contributed by atoms with Gasteiger partial charge in [0.2, 0.25) is 5.91 Å². The van der Waals surface area contributed by atoms with Crippen molar-refractivity contribution >= 4 is 28.3 Å². The van der Waals surface area contributed by atoms with E-state index in [2.05, 4.69) is 10.3 Å². The van der Waals surface area contributed by atoms with E-state index in [1.54, 1.807) is 12.4 Å². The Balaban J connectivity index is 2.05. The average Bonchev–Trinajstić information content (AvgIpc) is 2.85. The molecule has 19 heavy (non-hydrogen) atoms. The van der Waals surface area contributed by atoms with Crippen molar-refractivity contribution in [3.8, 4) is 0 Å². The highest BCUT2D eigenvalue weighted by Gasteiger charge is 2.42. The van der Waals surface area contributed by atoms with Crippen LogP contribution in [0.1, 0.15) is 12.0 Å². The Kier molecular flexibility index (Phi) is 2.92. The van der Waals surface area contributed by atoms with Gasteiger partial charge in [-0.15, -0.1) is 0 Å². The number of aromatic nitrogens is 1. The standard InChI is InChI=1S/C14H14ClN3O/c15-14(16,12-4-6-18-13(12)19)11-2-1-9-3-5-17-8-10(9)7-11/h1-3,5,7-8,12H,4,6,16H2,(H,18,19). The smallest absolute Gasteiger partial charge is 0.226 e. The summed E-state index contributed by atoms with van der Waals surface area (Å²) >= 11 is 6.46. The first-order chi connectivity index (χ1) is 9.09. The summed E-state index contributed by atoms with van der Waals surface area (Å²) in [6.45, 7) is 0.629. The Hall–Kier alpha value is -1.65. The van der Waals surface area contributed by atoms with Crippen molar-refractivity contribution in [1.82, 2.24) is 10.3 Å². The minimum atomic E-state index is -1.18. The van der Waals surface area contributed by atoms with Gasteiger partial charge in [0.1, 0.15) is 5.00 Å². The molecule has 0 bridgehead atoms. The molecule has 0 spiro atoms. The fraction of sp³-hybridized carbons (Fsp3) is 0.286. The number of carbonyl (C=O) groups is 1. The normalized spacial score (nSPS) is 22.2. The predicted molar refractivity (Wildman–Crippen MR) is 74.6 cm³/mol. The first-order valence-corrected chi connectivity index (χ1v) is 6.56. The van der Waals surface area contributed by atoms with Crippen LogP contribution in [0.25, 0.3) is 10.8 Å². The van der Waals surface area contributed by atoms with Gasteiger partial charge in [-0.2, -0.15) is 0 Å². The highest BCUT2D eigenvalue weighted by Crippen LogP contribution is 2.36. The molecule has 98 valence electrons. The van der Waals surface area contributed by atoms with Crippen LogP contribution in [0.5, 0.6) is 0 Å². The molecular formula is C14H14ClN3O. The van der Waals surface area contributed by atoms with Gasteiger partial charge in [-0.05, 0) is 29.5 Å². The van der Waals surface area contributed by atoms with Gasteiger partial charge >= 0.3 is 0 Å². The van der Waals surface area contributed by atoms with Crippen molar-refractivity contribution in [2.75, 3.05) is 6.54 Å². The quantitative estimate of drug-likeness (QED) is 0.648. The fourth-order valence-electron chi connectivity index (χ4n) is 2.52. The molecule has 0 aliphatic carbocycles. The van der Waals surface area contributed by atoms with Crippen molar-refractivity contribution in [3.63, 3.8) is 0 Å². The fourth-order valence-corrected chi connectivity index (χ4v) is 2.85. The predicted octanol–water partition coefficient (Wildman–Crippen LogP) is 1.72. The molecule has 0 saturated carbocycles. The van der Waals surface area contributed by atoms with Crippen LogP contribution in [-0.4, -0.2) is 17.4 Å². The molecule has 1 aliphatic rings. The highest BCUT2D eigenvalue weighted by molar-refractivity contribution is 6.25. The van der Waals surface area contributed by atoms with Gasteiger partial charge in [-0.3, -0.25) is 9.78 Å². The molecule has 3 N–H and O–H groups in total. The maximum Gasteiger partial charge on any atom is 0.226 e. The number of hydrogen-bond donors (Lipinski definition) is 2. The Morgan fingerprint density at radius 3 is 2.95 bits per heavy atom. The van der Waals surface area contributed by atoms with E-state index < -0.39 is 10.9 Å². The van der Waals surface area contributed by atoms with Gasteiger partial charge in [0.05, 0.1) is 5.92 Å². The number of nitrogens with one attached hydrogen (secondary N) is 1. The first-order valence-electron chi connectivity index (χ1n) is 6.19. The van der Waals surface area contributed by atoms with Gasteiger partial charge in [-0.25, -0.2) is 0 Å². The Labute approximate surface area is 116 Å². The molecule has 0 radical (unpaired) electrons. The number of amides is 1. The summed E-state index contributed by atoms with van der Waals surface area (Å²) in [6.07, 6.45) is 4.16. The zero-order chi connectivity index (χ0) is 13.5. The lowest BCUT2D eigenvalue weighted by atomic mass is 9.90. The third-order valence-electron chi connectivity index (χ3n) is 3.64. The van der Waals surface area contributed by atoms with Gasteiger partial charge in [0, 0.05) is 24.3 Å². The Morgan fingerprint density at radius 1 is 1.37 bits per heavy atom. The van der Waals surface area contributed by atoms with E-state index in [9.17, 15) is 4.79 Å². The third kappa shape index (κ3) is 2.07. The lowest BCUT2D eigenvalue weighted by Gasteiger charge is -2.27. The largest absolute Gasteiger partial charge is 0.356 e. The van der Waals surface area contributed by atoms with Gasteiger partial charge in [-0.1, -0.05) is 23.7 Å². The molecule has 1 saturated heterocycles. The molecule has 2 atom stereocenters. The SMILES string of the molecule is NC(Cl)(c1ccc2ccncc2c1)C1CCNC1=O. The van der Waals surface area contributed by atoms with E-state index in [1.165, 1.54) is 0 Å². The summed E-state index contributed by atoms with van der Waals surface area (Å²) in [5, 5.41) is 4.80. The second-order valence-corrected chi connectivity index (χ2v) is 5.46. The molecule has 4 nitrogen and oxygen atoms in total. The molecule has 1 aliphatic heterocycles. The van der Waals surface area contributed by atoms with Crippen LogP contribution in [0.4, 0.5) is 0 Å². The summed E-state index contributed by atoms with van der Waals surface area (Å²) in [5.74, 6) is -0.480. The van der Waals surface area contributed by atoms with Crippen LogP contribution < -0.4 is 11.1 Å². The summed E-state index contributed by atoms with van der Waals surface area (Å²) in [5.41, 5.74) is 6.96. The first kappa shape index (κ1) is 12.4. The number of alkyl halides is 1. The zero-order valence-corrected chi connectivity index (χ0v) is 11.0. The van der Waals surface area contributed by atoms with Gasteiger partial charge < -0.3 is 11.1 Å². The highest BCUT2D eigenvalue weighted by atomic mass is 35.5. The van der Waals surface area contributed by atoms with Crippen LogP contribution in [0.2, 0.25) is 0 Å². The number of halogens is 1. The second kappa shape index (κ2) is 4.47. The monoisotopic (exact) mass is 275 g/mol. The van der Waals surface area contributed by atoms with E-state index in [1.807, 2.05) is 24.3 Å². The summed E-state index contributed by atoms with van der Waals surface area (Å²) in [4.78, 5) is 14.7. The number of fused-ring (bicyclic) bond motifs is 1. The van der Waals surface area contributed by atoms with Crippen molar-refractivity contribution in [2.24, 2.45) is 11.7 Å². The summed E-state index contributed by atoms with van der Waals surface area (Å²) in [7, 11) is 0. The van der Waals surface area contributed by atoms with Crippen LogP contribution >= 0.6 is 11.6 Å². The van der Waals surface area contributed by atoms with Gasteiger partial charge in [0.25, 0.3) is 0 Å². The molecule has 2 unspecified atom stereocenters. The number of hydrogen-bond acceptors (Lipinski definition) is 3. The molecular weight excluding hydrogens is 262 g/mol. The minimum Gasteiger partial charge on any atom is -0.356 e. The maximum atomic E-state index is 11.8. The number of rotatable bonds is 2. The van der Waals surface area contributed by atoms with Crippen LogP contribution in [0, 0.1) is 5.92 Å². The Morgan fingerprint density at radius 2 is 2.21 bits per heavy atom. The maximum absolute atomic E-state index is 11.8. The minimum absolute atomic E-state index is 0.0798. The number of benzene rings is 1. The summed E-state index contributed by atoms with van der Waals surface area (Å²) < 4.78 is 0. The van der Waals surface area contributed by atoms with E-state index in [4.69, 9.17) is 17.3 Å². The number of carbonyl (C=O) groups excluding carboxylic acids is 1. The molecule has 3 rings (SSSR count). The zero-order valence-electron chi connectivity index (χ0n) is 10.3. The molecule has 1 amide bonds. The second-order valence-electron chi connectivity index (χ2n) is 4.84. The van der Waals surface area contributed by atoms with Crippen molar-refractivity contribution in [2.45, 2.75) is 11.4 Å². The molecule has 2 heterocycles. The van der Waals surface area contributed by atoms with Crippen molar-refractivity contribution in [1.29, 1.82) is 0 Å².